The SMILES string of the molecule is N=C(/C(Cc1ccc(S(N)(=O)=O)cc1)=C(/CC1CC1)Nc1nc(C(=O)O)cs1)c1cccc(OC2CCCC2)c1. The van der Waals surface area contributed by atoms with Crippen LogP contribution in [-0.4, -0.2) is 36.3 Å². The Labute approximate surface area is 237 Å². The lowest BCUT2D eigenvalue weighted by Gasteiger charge is -2.19. The number of hydrogen-bond donors (Lipinski definition) is 4. The molecule has 5 rings (SSSR count). The first-order valence-corrected chi connectivity index (χ1v) is 15.7. The van der Waals surface area contributed by atoms with Gasteiger partial charge in [0.05, 0.1) is 16.7 Å². The van der Waals surface area contributed by atoms with Crippen molar-refractivity contribution in [3.63, 3.8) is 0 Å². The van der Waals surface area contributed by atoms with Gasteiger partial charge in [0, 0.05) is 28.6 Å². The zero-order valence-electron chi connectivity index (χ0n) is 21.9. The number of ether oxygens (including phenoxy) is 1. The van der Waals surface area contributed by atoms with E-state index in [0.29, 0.717) is 35.2 Å². The number of nitrogens with zero attached hydrogens (tertiary/aromatic N) is 1. The van der Waals surface area contributed by atoms with Crippen LogP contribution in [0.2, 0.25) is 0 Å². The molecule has 3 aromatic rings. The largest absolute Gasteiger partial charge is 0.490 e. The Morgan fingerprint density at radius 2 is 1.85 bits per heavy atom. The molecular formula is C29H32N4O5S2. The summed E-state index contributed by atoms with van der Waals surface area (Å²) in [5, 5.41) is 29.2. The summed E-state index contributed by atoms with van der Waals surface area (Å²) in [6.07, 6.45) is 7.78. The first-order chi connectivity index (χ1) is 19.2. The van der Waals surface area contributed by atoms with E-state index in [9.17, 15) is 23.7 Å². The summed E-state index contributed by atoms with van der Waals surface area (Å²) in [4.78, 5) is 15.7. The topological polar surface area (TPSA) is 155 Å². The predicted octanol–water partition coefficient (Wildman–Crippen LogP) is 5.59. The van der Waals surface area contributed by atoms with Gasteiger partial charge in [0.15, 0.2) is 10.8 Å². The smallest absolute Gasteiger partial charge is 0.355 e. The number of nitrogens with two attached hydrogens (primary N) is 1. The number of aromatic nitrogens is 1. The summed E-state index contributed by atoms with van der Waals surface area (Å²) in [6.45, 7) is 0. The van der Waals surface area contributed by atoms with Crippen LogP contribution in [0.1, 0.15) is 66.6 Å². The average molecular weight is 581 g/mol. The van der Waals surface area contributed by atoms with Gasteiger partial charge in [-0.2, -0.15) is 0 Å². The van der Waals surface area contributed by atoms with Crippen LogP contribution < -0.4 is 15.2 Å². The zero-order chi connectivity index (χ0) is 28.3. The lowest BCUT2D eigenvalue weighted by atomic mass is 9.92. The minimum absolute atomic E-state index is 0.0222. The molecule has 5 N–H and O–H groups in total. The molecule has 0 atom stereocenters. The normalized spacial score (nSPS) is 16.4. The third kappa shape index (κ3) is 7.15. The molecule has 0 spiro atoms. The third-order valence-corrected chi connectivity index (χ3v) is 8.88. The molecule has 2 aliphatic carbocycles. The molecular weight excluding hydrogens is 548 g/mol. The van der Waals surface area contributed by atoms with Crippen molar-refractivity contribution in [2.75, 3.05) is 5.32 Å². The summed E-state index contributed by atoms with van der Waals surface area (Å²) in [6, 6.07) is 13.9. The Kier molecular flexibility index (Phi) is 8.34. The van der Waals surface area contributed by atoms with E-state index >= 15 is 0 Å². The number of hydrogen-bond acceptors (Lipinski definition) is 8. The lowest BCUT2D eigenvalue weighted by Crippen LogP contribution is -2.16. The number of allylic oxidation sites excluding steroid dienone is 2. The van der Waals surface area contributed by atoms with Crippen LogP contribution in [0.3, 0.4) is 0 Å². The Morgan fingerprint density at radius 1 is 1.12 bits per heavy atom. The van der Waals surface area contributed by atoms with E-state index < -0.39 is 16.0 Å². The van der Waals surface area contributed by atoms with Crippen LogP contribution in [0.15, 0.2) is 70.1 Å². The number of rotatable bonds is 12. The second kappa shape index (κ2) is 11.9. The quantitative estimate of drug-likeness (QED) is 0.204. The number of aromatic carboxylic acids is 1. The number of nitrogens with one attached hydrogen (secondary N) is 2. The zero-order valence-corrected chi connectivity index (χ0v) is 23.6. The van der Waals surface area contributed by atoms with Crippen LogP contribution in [0.25, 0.3) is 0 Å². The van der Waals surface area contributed by atoms with Gasteiger partial charge in [-0.1, -0.05) is 24.3 Å². The van der Waals surface area contributed by atoms with Crippen LogP contribution in [0.4, 0.5) is 5.13 Å². The molecule has 2 fully saturated rings. The first-order valence-electron chi connectivity index (χ1n) is 13.3. The van der Waals surface area contributed by atoms with Gasteiger partial charge < -0.3 is 15.2 Å². The number of benzene rings is 2. The van der Waals surface area contributed by atoms with Gasteiger partial charge in [-0.3, -0.25) is 5.41 Å². The second-order valence-corrected chi connectivity index (χ2v) is 12.8. The van der Waals surface area contributed by atoms with E-state index in [1.54, 1.807) is 12.1 Å². The van der Waals surface area contributed by atoms with Gasteiger partial charge in [-0.05, 0) is 80.7 Å². The monoisotopic (exact) mass is 580 g/mol. The Morgan fingerprint density at radius 3 is 2.48 bits per heavy atom. The van der Waals surface area contributed by atoms with Crippen LogP contribution in [0.5, 0.6) is 5.75 Å². The molecule has 0 amide bonds. The molecule has 1 heterocycles. The molecule has 40 heavy (non-hydrogen) atoms. The summed E-state index contributed by atoms with van der Waals surface area (Å²) < 4.78 is 29.7. The maximum atomic E-state index is 11.8. The minimum Gasteiger partial charge on any atom is -0.490 e. The highest BCUT2D eigenvalue weighted by Gasteiger charge is 2.27. The highest BCUT2D eigenvalue weighted by Crippen LogP contribution is 2.38. The number of carbonyl (C=O) groups is 1. The first kappa shape index (κ1) is 28.0. The number of thiazole rings is 1. The van der Waals surface area contributed by atoms with E-state index in [1.807, 2.05) is 24.3 Å². The van der Waals surface area contributed by atoms with E-state index in [0.717, 1.165) is 61.1 Å². The van der Waals surface area contributed by atoms with E-state index in [1.165, 1.54) is 28.8 Å². The fraction of sp³-hybridized carbons (Fsp3) is 0.345. The van der Waals surface area contributed by atoms with Gasteiger partial charge in [0.2, 0.25) is 10.0 Å². The van der Waals surface area contributed by atoms with Gasteiger partial charge in [0.1, 0.15) is 5.75 Å². The predicted molar refractivity (Wildman–Crippen MR) is 155 cm³/mol. The maximum absolute atomic E-state index is 11.8. The molecule has 0 saturated heterocycles. The number of sulfonamides is 1. The van der Waals surface area contributed by atoms with Crippen LogP contribution >= 0.6 is 11.3 Å². The molecule has 2 saturated carbocycles. The molecule has 0 radical (unpaired) electrons. The van der Waals surface area contributed by atoms with Crippen molar-refractivity contribution in [1.82, 2.24) is 4.98 Å². The molecule has 0 aliphatic heterocycles. The molecule has 2 aromatic carbocycles. The van der Waals surface area contributed by atoms with Crippen LogP contribution in [-0.2, 0) is 16.4 Å². The van der Waals surface area contributed by atoms with Crippen molar-refractivity contribution >= 4 is 38.2 Å². The molecule has 9 nitrogen and oxygen atoms in total. The molecule has 0 bridgehead atoms. The highest BCUT2D eigenvalue weighted by molar-refractivity contribution is 7.89. The Bertz CT molecular complexity index is 1540. The maximum Gasteiger partial charge on any atom is 0.355 e. The van der Waals surface area contributed by atoms with E-state index in [2.05, 4.69) is 10.3 Å². The van der Waals surface area contributed by atoms with Crippen molar-refractivity contribution in [3.8, 4) is 5.75 Å². The number of carboxylic acids is 1. The van der Waals surface area contributed by atoms with Crippen molar-refractivity contribution in [2.24, 2.45) is 11.1 Å². The molecule has 1 aromatic heterocycles. The fourth-order valence-electron chi connectivity index (χ4n) is 4.86. The van der Waals surface area contributed by atoms with Crippen molar-refractivity contribution in [3.05, 3.63) is 82.0 Å². The second-order valence-electron chi connectivity index (χ2n) is 10.4. The van der Waals surface area contributed by atoms with Crippen molar-refractivity contribution < 1.29 is 23.1 Å². The van der Waals surface area contributed by atoms with Gasteiger partial charge in [0.25, 0.3) is 0 Å². The highest BCUT2D eigenvalue weighted by atomic mass is 32.2. The summed E-state index contributed by atoms with van der Waals surface area (Å²) in [5.41, 5.74) is 3.31. The summed E-state index contributed by atoms with van der Waals surface area (Å²) in [5.74, 6) is 0.0961. The van der Waals surface area contributed by atoms with Gasteiger partial charge >= 0.3 is 5.97 Å². The Balaban J connectivity index is 1.52. The molecule has 2 aliphatic rings. The average Bonchev–Trinajstić information content (AvgIpc) is 3.36. The Hall–Kier alpha value is -3.54. The van der Waals surface area contributed by atoms with E-state index in [-0.39, 0.29) is 16.7 Å². The van der Waals surface area contributed by atoms with Crippen molar-refractivity contribution in [1.29, 1.82) is 5.41 Å². The standard InChI is InChI=1S/C29H32N4O5S2/c30-27(20-4-3-7-22(16-20)38-21-5-1-2-6-21)24(14-18-10-12-23(13-11-18)40(31,36)37)25(15-19-8-9-19)32-29-33-26(17-39-29)28(34)35/h3-4,7,10-13,16-17,19,21,30H,1-2,5-6,8-9,14-15H2,(H,32,33)(H,34,35)(H2,31,36,37)/b25-24-,30-27?. The van der Waals surface area contributed by atoms with Gasteiger partial charge in [-0.25, -0.2) is 23.3 Å². The number of primary sulfonamides is 1. The minimum atomic E-state index is -3.83. The van der Waals surface area contributed by atoms with Gasteiger partial charge in [-0.15, -0.1) is 11.3 Å². The summed E-state index contributed by atoms with van der Waals surface area (Å²) >= 11 is 1.20. The number of carboxylic acid groups (broad SMARTS) is 1. The fourth-order valence-corrected chi connectivity index (χ4v) is 6.09. The van der Waals surface area contributed by atoms with Crippen molar-refractivity contribution in [2.45, 2.75) is 62.4 Å². The lowest BCUT2D eigenvalue weighted by molar-refractivity contribution is 0.0691. The molecule has 0 unspecified atom stereocenters. The third-order valence-electron chi connectivity index (χ3n) is 7.20. The summed E-state index contributed by atoms with van der Waals surface area (Å²) in [7, 11) is -3.83. The molecule has 210 valence electrons. The molecule has 11 heteroatoms. The van der Waals surface area contributed by atoms with E-state index in [4.69, 9.17) is 9.88 Å². The number of anilines is 1. The van der Waals surface area contributed by atoms with Crippen LogP contribution in [0, 0.1) is 11.3 Å².